The van der Waals surface area contributed by atoms with Crippen molar-refractivity contribution in [1.29, 1.82) is 0 Å². The van der Waals surface area contributed by atoms with Gasteiger partial charge in [0.1, 0.15) is 5.75 Å². The molecule has 1 saturated heterocycles. The lowest BCUT2D eigenvalue weighted by atomic mass is 10.2. The van der Waals surface area contributed by atoms with Gasteiger partial charge in [0.25, 0.3) is 0 Å². The van der Waals surface area contributed by atoms with Crippen molar-refractivity contribution in [2.24, 2.45) is 0 Å². The molecule has 0 aromatic heterocycles. The number of amides is 2. The first-order valence-corrected chi connectivity index (χ1v) is 6.09. The summed E-state index contributed by atoms with van der Waals surface area (Å²) in [5, 5.41) is 2.88. The van der Waals surface area contributed by atoms with Crippen molar-refractivity contribution in [1.82, 2.24) is 4.90 Å². The molecule has 0 radical (unpaired) electrons. The normalized spacial score (nSPS) is 18.5. The number of rotatable bonds is 3. The molecule has 1 atom stereocenters. The molecule has 0 aliphatic carbocycles. The van der Waals surface area contributed by atoms with Gasteiger partial charge in [-0.1, -0.05) is 6.08 Å². The van der Waals surface area contributed by atoms with Crippen LogP contribution in [0.25, 0.3) is 0 Å². The fourth-order valence-corrected chi connectivity index (χ4v) is 2.16. The van der Waals surface area contributed by atoms with Crippen LogP contribution in [0.3, 0.4) is 0 Å². The van der Waals surface area contributed by atoms with Crippen molar-refractivity contribution in [3.05, 3.63) is 36.9 Å². The number of likely N-dealkylation sites (tertiary alicyclic amines) is 1. The number of nitrogens with zero attached hydrogens (tertiary/aromatic N) is 1. The third-order valence-electron chi connectivity index (χ3n) is 3.17. The zero-order valence-electron chi connectivity index (χ0n) is 10.6. The van der Waals surface area contributed by atoms with Crippen molar-refractivity contribution in [3.63, 3.8) is 0 Å². The number of urea groups is 1. The smallest absolute Gasteiger partial charge is 0.322 e. The molecule has 1 unspecified atom stereocenters. The number of anilines is 1. The highest BCUT2D eigenvalue weighted by molar-refractivity contribution is 5.89. The average Bonchev–Trinajstić information content (AvgIpc) is 2.88. The quantitative estimate of drug-likeness (QED) is 0.833. The zero-order chi connectivity index (χ0) is 13.0. The van der Waals surface area contributed by atoms with E-state index in [0.29, 0.717) is 0 Å². The molecule has 1 heterocycles. The van der Waals surface area contributed by atoms with Gasteiger partial charge in [-0.05, 0) is 37.1 Å². The summed E-state index contributed by atoms with van der Waals surface area (Å²) in [6, 6.07) is 7.39. The van der Waals surface area contributed by atoms with Crippen molar-refractivity contribution in [2.45, 2.75) is 18.9 Å². The summed E-state index contributed by atoms with van der Waals surface area (Å²) in [6.07, 6.45) is 3.87. The molecule has 1 aliphatic rings. The maximum Gasteiger partial charge on any atom is 0.322 e. The van der Waals surface area contributed by atoms with E-state index in [2.05, 4.69) is 11.9 Å². The minimum atomic E-state index is -0.0671. The molecule has 0 saturated carbocycles. The number of benzene rings is 1. The van der Waals surface area contributed by atoms with Gasteiger partial charge in [0, 0.05) is 12.2 Å². The Bertz CT molecular complexity index is 428. The van der Waals surface area contributed by atoms with Crippen LogP contribution in [0.5, 0.6) is 5.75 Å². The lowest BCUT2D eigenvalue weighted by Crippen LogP contribution is -2.37. The van der Waals surface area contributed by atoms with E-state index in [1.807, 2.05) is 35.2 Å². The van der Waals surface area contributed by atoms with Crippen LogP contribution in [-0.2, 0) is 0 Å². The predicted octanol–water partition coefficient (Wildman–Crippen LogP) is 2.88. The molecular formula is C14H18N2O2. The van der Waals surface area contributed by atoms with Crippen molar-refractivity contribution >= 4 is 11.7 Å². The highest BCUT2D eigenvalue weighted by Gasteiger charge is 2.26. The van der Waals surface area contributed by atoms with Crippen LogP contribution in [0.4, 0.5) is 10.5 Å². The van der Waals surface area contributed by atoms with Gasteiger partial charge in [-0.3, -0.25) is 0 Å². The molecule has 0 spiro atoms. The minimum absolute atomic E-state index is 0.0671. The largest absolute Gasteiger partial charge is 0.497 e. The molecule has 1 aromatic carbocycles. The fraction of sp³-hybridized carbons (Fsp3) is 0.357. The van der Waals surface area contributed by atoms with Crippen molar-refractivity contribution in [3.8, 4) is 5.75 Å². The number of carbonyl (C=O) groups excluding carboxylic acids is 1. The standard InChI is InChI=1S/C14H18N2O2/c1-3-12-5-4-10-16(12)14(17)15-11-6-8-13(18-2)9-7-11/h3,6-9,12H,1,4-5,10H2,2H3,(H,15,17). The Kier molecular flexibility index (Phi) is 3.87. The highest BCUT2D eigenvalue weighted by Crippen LogP contribution is 2.20. The molecular weight excluding hydrogens is 228 g/mol. The number of ether oxygens (including phenoxy) is 1. The van der Waals surface area contributed by atoms with E-state index in [9.17, 15) is 4.79 Å². The highest BCUT2D eigenvalue weighted by atomic mass is 16.5. The van der Waals surface area contributed by atoms with E-state index in [-0.39, 0.29) is 12.1 Å². The Hall–Kier alpha value is -1.97. The van der Waals surface area contributed by atoms with Crippen molar-refractivity contribution in [2.75, 3.05) is 19.0 Å². The summed E-state index contributed by atoms with van der Waals surface area (Å²) < 4.78 is 5.07. The molecule has 1 fully saturated rings. The molecule has 96 valence electrons. The second kappa shape index (κ2) is 5.58. The first kappa shape index (κ1) is 12.5. The van der Waals surface area contributed by atoms with Gasteiger partial charge in [-0.25, -0.2) is 4.79 Å². The van der Waals surface area contributed by atoms with Gasteiger partial charge in [0.15, 0.2) is 0 Å². The monoisotopic (exact) mass is 246 g/mol. The average molecular weight is 246 g/mol. The summed E-state index contributed by atoms with van der Waals surface area (Å²) in [6.45, 7) is 4.56. The number of carbonyl (C=O) groups is 1. The van der Waals surface area contributed by atoms with Crippen LogP contribution < -0.4 is 10.1 Å². The SMILES string of the molecule is C=CC1CCCN1C(=O)Nc1ccc(OC)cc1. The summed E-state index contributed by atoms with van der Waals surface area (Å²) in [5.41, 5.74) is 0.774. The van der Waals surface area contributed by atoms with Crippen LogP contribution in [-0.4, -0.2) is 30.6 Å². The summed E-state index contributed by atoms with van der Waals surface area (Å²) in [4.78, 5) is 13.9. The Morgan fingerprint density at radius 1 is 1.50 bits per heavy atom. The number of hydrogen-bond donors (Lipinski definition) is 1. The van der Waals surface area contributed by atoms with Crippen molar-refractivity contribution < 1.29 is 9.53 Å². The van der Waals surface area contributed by atoms with Gasteiger partial charge in [-0.2, -0.15) is 0 Å². The fourth-order valence-electron chi connectivity index (χ4n) is 2.16. The zero-order valence-corrected chi connectivity index (χ0v) is 10.6. The van der Waals surface area contributed by atoms with E-state index >= 15 is 0 Å². The van der Waals surface area contributed by atoms with E-state index in [4.69, 9.17) is 4.74 Å². The lowest BCUT2D eigenvalue weighted by Gasteiger charge is -2.22. The molecule has 0 bridgehead atoms. The lowest BCUT2D eigenvalue weighted by molar-refractivity contribution is 0.214. The predicted molar refractivity (Wildman–Crippen MR) is 71.9 cm³/mol. The molecule has 1 aliphatic heterocycles. The molecule has 2 amide bonds. The van der Waals surface area contributed by atoms with Crippen LogP contribution in [0.15, 0.2) is 36.9 Å². The molecule has 1 N–H and O–H groups in total. The topological polar surface area (TPSA) is 41.6 Å². The minimum Gasteiger partial charge on any atom is -0.497 e. The third kappa shape index (κ3) is 2.64. The van der Waals surface area contributed by atoms with Gasteiger partial charge >= 0.3 is 6.03 Å². The number of hydrogen-bond acceptors (Lipinski definition) is 2. The number of nitrogens with one attached hydrogen (secondary N) is 1. The van der Waals surface area contributed by atoms with E-state index in [1.165, 1.54) is 0 Å². The molecule has 2 rings (SSSR count). The van der Waals surface area contributed by atoms with Crippen LogP contribution in [0, 0.1) is 0 Å². The van der Waals surface area contributed by atoms with Crippen LogP contribution in [0.2, 0.25) is 0 Å². The third-order valence-corrected chi connectivity index (χ3v) is 3.17. The first-order valence-electron chi connectivity index (χ1n) is 6.09. The summed E-state index contributed by atoms with van der Waals surface area (Å²) >= 11 is 0. The maximum atomic E-state index is 12.1. The Labute approximate surface area is 107 Å². The second-order valence-electron chi connectivity index (χ2n) is 4.30. The van der Waals surface area contributed by atoms with Gasteiger partial charge in [0.05, 0.1) is 13.2 Å². The van der Waals surface area contributed by atoms with Gasteiger partial charge in [0.2, 0.25) is 0 Å². The van der Waals surface area contributed by atoms with E-state index < -0.39 is 0 Å². The Morgan fingerprint density at radius 2 is 2.22 bits per heavy atom. The maximum absolute atomic E-state index is 12.1. The van der Waals surface area contributed by atoms with Crippen LogP contribution >= 0.6 is 0 Å². The summed E-state index contributed by atoms with van der Waals surface area (Å²) in [7, 11) is 1.62. The number of methoxy groups -OCH3 is 1. The van der Waals surface area contributed by atoms with Crippen LogP contribution in [0.1, 0.15) is 12.8 Å². The molecule has 1 aromatic rings. The van der Waals surface area contributed by atoms with E-state index in [1.54, 1.807) is 7.11 Å². The molecule has 4 heteroatoms. The molecule has 4 nitrogen and oxygen atoms in total. The first-order chi connectivity index (χ1) is 8.74. The Balaban J connectivity index is 1.99. The van der Waals surface area contributed by atoms with E-state index in [0.717, 1.165) is 30.8 Å². The molecule has 18 heavy (non-hydrogen) atoms. The second-order valence-corrected chi connectivity index (χ2v) is 4.30. The summed E-state index contributed by atoms with van der Waals surface area (Å²) in [5.74, 6) is 0.776. The Morgan fingerprint density at radius 3 is 2.83 bits per heavy atom. The van der Waals surface area contributed by atoms with Gasteiger partial charge in [-0.15, -0.1) is 6.58 Å². The van der Waals surface area contributed by atoms with Gasteiger partial charge < -0.3 is 15.0 Å².